The average Bonchev–Trinajstić information content (AvgIpc) is 2.98. The van der Waals surface area contributed by atoms with Crippen molar-refractivity contribution < 1.29 is 9.59 Å². The lowest BCUT2D eigenvalue weighted by atomic mass is 10.1. The van der Waals surface area contributed by atoms with Crippen LogP contribution >= 0.6 is 0 Å². The molecular formula is C14H14N4O2. The zero-order chi connectivity index (χ0) is 14.3. The van der Waals surface area contributed by atoms with Gasteiger partial charge in [-0.05, 0) is 25.1 Å². The first-order chi connectivity index (χ1) is 9.60. The standard InChI is InChI=1S/C14H14N4O2/c1-2-17-7-9(6-16-17)8-18-13(19)11-4-3-10(15)5-12(11)14(18)20/h3-7H,2,8,15H2,1H3. The molecule has 0 spiro atoms. The number of benzene rings is 1. The average molecular weight is 270 g/mol. The lowest BCUT2D eigenvalue weighted by Gasteiger charge is -2.11. The van der Waals surface area contributed by atoms with Crippen LogP contribution in [0.15, 0.2) is 30.6 Å². The van der Waals surface area contributed by atoms with Gasteiger partial charge >= 0.3 is 0 Å². The Hall–Kier alpha value is -2.63. The van der Waals surface area contributed by atoms with E-state index >= 15 is 0 Å². The van der Waals surface area contributed by atoms with Crippen LogP contribution in [0.1, 0.15) is 33.2 Å². The third-order valence-electron chi connectivity index (χ3n) is 3.35. The zero-order valence-electron chi connectivity index (χ0n) is 11.0. The number of imide groups is 1. The Morgan fingerprint density at radius 1 is 1.20 bits per heavy atom. The molecule has 0 saturated heterocycles. The zero-order valence-corrected chi connectivity index (χ0v) is 11.0. The molecule has 1 aromatic heterocycles. The van der Waals surface area contributed by atoms with Gasteiger partial charge < -0.3 is 5.73 Å². The second-order valence-electron chi connectivity index (χ2n) is 4.71. The van der Waals surface area contributed by atoms with Crippen molar-refractivity contribution >= 4 is 17.5 Å². The topological polar surface area (TPSA) is 81.2 Å². The minimum atomic E-state index is -0.304. The van der Waals surface area contributed by atoms with Gasteiger partial charge in [0.05, 0.1) is 23.9 Å². The molecule has 0 saturated carbocycles. The molecule has 20 heavy (non-hydrogen) atoms. The van der Waals surface area contributed by atoms with Crippen LogP contribution in [0.25, 0.3) is 0 Å². The Morgan fingerprint density at radius 2 is 1.95 bits per heavy atom. The van der Waals surface area contributed by atoms with Crippen LogP contribution in [-0.4, -0.2) is 26.5 Å². The number of aryl methyl sites for hydroxylation is 1. The van der Waals surface area contributed by atoms with E-state index in [1.54, 1.807) is 29.1 Å². The first-order valence-corrected chi connectivity index (χ1v) is 6.37. The number of nitrogens with zero attached hydrogens (tertiary/aromatic N) is 3. The number of amides is 2. The molecular weight excluding hydrogens is 256 g/mol. The molecule has 2 amide bonds. The second kappa shape index (κ2) is 4.48. The van der Waals surface area contributed by atoms with Gasteiger partial charge in [0.25, 0.3) is 11.8 Å². The number of fused-ring (bicyclic) bond motifs is 1. The van der Waals surface area contributed by atoms with Gasteiger partial charge in [0.1, 0.15) is 0 Å². The molecule has 1 aliphatic rings. The molecule has 3 rings (SSSR count). The lowest BCUT2D eigenvalue weighted by Crippen LogP contribution is -2.28. The number of rotatable bonds is 3. The largest absolute Gasteiger partial charge is 0.399 e. The summed E-state index contributed by atoms with van der Waals surface area (Å²) in [5, 5.41) is 4.14. The highest BCUT2D eigenvalue weighted by Gasteiger charge is 2.35. The predicted octanol–water partition coefficient (Wildman–Crippen LogP) is 1.28. The number of carbonyl (C=O) groups is 2. The van der Waals surface area contributed by atoms with Crippen molar-refractivity contribution in [3.63, 3.8) is 0 Å². The third kappa shape index (κ3) is 1.85. The van der Waals surface area contributed by atoms with E-state index < -0.39 is 0 Å². The van der Waals surface area contributed by atoms with Crippen LogP contribution in [0.4, 0.5) is 5.69 Å². The summed E-state index contributed by atoms with van der Waals surface area (Å²) in [4.78, 5) is 25.7. The summed E-state index contributed by atoms with van der Waals surface area (Å²) < 4.78 is 1.76. The Bertz CT molecular complexity index is 705. The van der Waals surface area contributed by atoms with Crippen LogP contribution < -0.4 is 5.73 Å². The van der Waals surface area contributed by atoms with E-state index in [1.165, 1.54) is 4.90 Å². The molecule has 6 nitrogen and oxygen atoms in total. The molecule has 6 heteroatoms. The van der Waals surface area contributed by atoms with E-state index in [4.69, 9.17) is 5.73 Å². The minimum absolute atomic E-state index is 0.228. The molecule has 0 unspecified atom stereocenters. The monoisotopic (exact) mass is 270 g/mol. The van der Waals surface area contributed by atoms with Gasteiger partial charge in [-0.2, -0.15) is 5.10 Å². The first-order valence-electron chi connectivity index (χ1n) is 6.37. The van der Waals surface area contributed by atoms with Crippen molar-refractivity contribution in [2.24, 2.45) is 0 Å². The van der Waals surface area contributed by atoms with E-state index in [2.05, 4.69) is 5.10 Å². The highest BCUT2D eigenvalue weighted by Crippen LogP contribution is 2.26. The summed E-state index contributed by atoms with van der Waals surface area (Å²) >= 11 is 0. The van der Waals surface area contributed by atoms with Crippen molar-refractivity contribution in [2.75, 3.05) is 5.73 Å². The summed E-state index contributed by atoms with van der Waals surface area (Å²) in [5.74, 6) is -0.587. The smallest absolute Gasteiger partial charge is 0.261 e. The number of anilines is 1. The molecule has 2 heterocycles. The predicted molar refractivity (Wildman–Crippen MR) is 73.0 cm³/mol. The van der Waals surface area contributed by atoms with E-state index in [1.807, 2.05) is 13.1 Å². The maximum Gasteiger partial charge on any atom is 0.261 e. The van der Waals surface area contributed by atoms with Crippen molar-refractivity contribution in [1.82, 2.24) is 14.7 Å². The van der Waals surface area contributed by atoms with Crippen molar-refractivity contribution in [3.8, 4) is 0 Å². The second-order valence-corrected chi connectivity index (χ2v) is 4.71. The van der Waals surface area contributed by atoms with E-state index in [9.17, 15) is 9.59 Å². The summed E-state index contributed by atoms with van der Waals surface area (Å²) in [6.07, 6.45) is 3.50. The van der Waals surface area contributed by atoms with Gasteiger partial charge in [-0.25, -0.2) is 0 Å². The molecule has 2 N–H and O–H groups in total. The maximum absolute atomic E-state index is 12.3. The molecule has 0 fully saturated rings. The van der Waals surface area contributed by atoms with Gasteiger partial charge in [0.15, 0.2) is 0 Å². The molecule has 0 atom stereocenters. The quantitative estimate of drug-likeness (QED) is 0.673. The van der Waals surface area contributed by atoms with Crippen molar-refractivity contribution in [3.05, 3.63) is 47.3 Å². The number of nitrogens with two attached hydrogens (primary N) is 1. The van der Waals surface area contributed by atoms with Crippen LogP contribution in [0.5, 0.6) is 0 Å². The van der Waals surface area contributed by atoms with Crippen LogP contribution in [0, 0.1) is 0 Å². The van der Waals surface area contributed by atoms with Crippen LogP contribution in [-0.2, 0) is 13.1 Å². The first kappa shape index (κ1) is 12.4. The van der Waals surface area contributed by atoms with Gasteiger partial charge in [-0.1, -0.05) is 0 Å². The van der Waals surface area contributed by atoms with Crippen molar-refractivity contribution in [2.45, 2.75) is 20.0 Å². The molecule has 2 aromatic rings. The maximum atomic E-state index is 12.3. The molecule has 1 aliphatic heterocycles. The Kier molecular flexibility index (Phi) is 2.78. The Balaban J connectivity index is 1.89. The Morgan fingerprint density at radius 3 is 2.65 bits per heavy atom. The highest BCUT2D eigenvalue weighted by atomic mass is 16.2. The van der Waals surface area contributed by atoms with Gasteiger partial charge in [0.2, 0.25) is 0 Å². The molecule has 0 aliphatic carbocycles. The summed E-state index contributed by atoms with van der Waals surface area (Å²) in [6.45, 7) is 2.95. The normalized spacial score (nSPS) is 13.9. The summed E-state index contributed by atoms with van der Waals surface area (Å²) in [5.41, 5.74) is 7.75. The number of aromatic nitrogens is 2. The molecule has 0 bridgehead atoms. The van der Waals surface area contributed by atoms with Crippen LogP contribution in [0.2, 0.25) is 0 Å². The third-order valence-corrected chi connectivity index (χ3v) is 3.35. The molecule has 102 valence electrons. The number of nitrogen functional groups attached to an aromatic ring is 1. The Labute approximate surface area is 115 Å². The number of hydrogen-bond acceptors (Lipinski definition) is 4. The molecule has 0 radical (unpaired) electrons. The fourth-order valence-corrected chi connectivity index (χ4v) is 2.30. The van der Waals surface area contributed by atoms with Crippen molar-refractivity contribution in [1.29, 1.82) is 0 Å². The summed E-state index contributed by atoms with van der Waals surface area (Å²) in [7, 11) is 0. The SMILES string of the molecule is CCn1cc(CN2C(=O)c3ccc(N)cc3C2=O)cn1. The number of hydrogen-bond donors (Lipinski definition) is 1. The summed E-state index contributed by atoms with van der Waals surface area (Å²) in [6, 6.07) is 4.77. The van der Waals surface area contributed by atoms with Gasteiger partial charge in [-0.3, -0.25) is 19.2 Å². The van der Waals surface area contributed by atoms with E-state index in [0.717, 1.165) is 12.1 Å². The van der Waals surface area contributed by atoms with E-state index in [-0.39, 0.29) is 18.4 Å². The van der Waals surface area contributed by atoms with Crippen LogP contribution in [0.3, 0.4) is 0 Å². The van der Waals surface area contributed by atoms with Gasteiger partial charge in [0, 0.05) is 24.0 Å². The van der Waals surface area contributed by atoms with Gasteiger partial charge in [-0.15, -0.1) is 0 Å². The highest BCUT2D eigenvalue weighted by molar-refractivity contribution is 6.21. The lowest BCUT2D eigenvalue weighted by molar-refractivity contribution is 0.0642. The fraction of sp³-hybridized carbons (Fsp3) is 0.214. The fourth-order valence-electron chi connectivity index (χ4n) is 2.30. The minimum Gasteiger partial charge on any atom is -0.399 e. The van der Waals surface area contributed by atoms with E-state index in [0.29, 0.717) is 16.8 Å². The number of carbonyl (C=O) groups excluding carboxylic acids is 2. The molecule has 1 aromatic carbocycles.